The van der Waals surface area contributed by atoms with E-state index in [-0.39, 0.29) is 5.69 Å². The van der Waals surface area contributed by atoms with E-state index >= 15 is 0 Å². The molecule has 0 radical (unpaired) electrons. The maximum absolute atomic E-state index is 12.0. The van der Waals surface area contributed by atoms with Crippen LogP contribution in [0.4, 0.5) is 13.2 Å². The molecule has 1 nitrogen and oxygen atoms in total. The fraction of sp³-hybridized carbons (Fsp3) is 0.286. The lowest BCUT2D eigenvalue weighted by Gasteiger charge is -2.11. The maximum atomic E-state index is 12.0. The molecule has 0 spiro atoms. The van der Waals surface area contributed by atoms with Crippen LogP contribution in [-0.2, 0) is 0 Å². The Hall–Kier alpha value is -0.770. The Morgan fingerprint density at radius 1 is 1.33 bits per heavy atom. The van der Waals surface area contributed by atoms with Crippen LogP contribution in [0.3, 0.4) is 0 Å². The average molecular weight is 196 g/mol. The van der Waals surface area contributed by atoms with Gasteiger partial charge in [0, 0.05) is 6.20 Å². The molecule has 1 aromatic rings. The molecule has 1 atom stereocenters. The van der Waals surface area contributed by atoms with Gasteiger partial charge in [0.15, 0.2) is 5.38 Å². The van der Waals surface area contributed by atoms with Crippen molar-refractivity contribution in [3.05, 3.63) is 30.1 Å². The van der Waals surface area contributed by atoms with Crippen LogP contribution in [0.25, 0.3) is 0 Å². The summed E-state index contributed by atoms with van der Waals surface area (Å²) in [6.45, 7) is 0. The number of hydrogen-bond acceptors (Lipinski definition) is 1. The van der Waals surface area contributed by atoms with Gasteiger partial charge in [-0.05, 0) is 12.1 Å². The Balaban J connectivity index is 2.86. The summed E-state index contributed by atoms with van der Waals surface area (Å²) in [4.78, 5) is 3.49. The molecule has 0 aliphatic heterocycles. The lowest BCUT2D eigenvalue weighted by Crippen LogP contribution is -2.16. The van der Waals surface area contributed by atoms with E-state index in [1.165, 1.54) is 24.4 Å². The van der Waals surface area contributed by atoms with Crippen molar-refractivity contribution in [2.75, 3.05) is 0 Å². The first-order valence-electron chi connectivity index (χ1n) is 3.13. The van der Waals surface area contributed by atoms with Crippen LogP contribution in [0.15, 0.2) is 24.4 Å². The lowest BCUT2D eigenvalue weighted by atomic mass is 10.2. The predicted octanol–water partition coefficient (Wildman–Crippen LogP) is 2.92. The summed E-state index contributed by atoms with van der Waals surface area (Å²) in [6.07, 6.45) is -3.16. The molecule has 1 heterocycles. The van der Waals surface area contributed by atoms with Gasteiger partial charge in [0.05, 0.1) is 5.69 Å². The first kappa shape index (κ1) is 9.32. The molecule has 0 fully saturated rings. The Kier molecular flexibility index (Phi) is 2.57. The second kappa shape index (κ2) is 3.31. The highest BCUT2D eigenvalue weighted by Crippen LogP contribution is 2.36. The predicted molar refractivity (Wildman–Crippen MR) is 38.9 cm³/mol. The summed E-state index contributed by atoms with van der Waals surface area (Å²) in [5, 5.41) is -2.02. The highest BCUT2D eigenvalue weighted by atomic mass is 35.5. The third-order valence-electron chi connectivity index (χ3n) is 1.23. The third-order valence-corrected chi connectivity index (χ3v) is 1.71. The van der Waals surface area contributed by atoms with E-state index in [0.29, 0.717) is 0 Å². The molecule has 1 rings (SSSR count). The zero-order valence-electron chi connectivity index (χ0n) is 5.85. The van der Waals surface area contributed by atoms with Crippen molar-refractivity contribution < 1.29 is 13.2 Å². The number of nitrogens with zero attached hydrogens (tertiary/aromatic N) is 1. The molecular formula is C7H5ClF3N. The van der Waals surface area contributed by atoms with Crippen molar-refractivity contribution in [1.82, 2.24) is 4.98 Å². The van der Waals surface area contributed by atoms with Crippen molar-refractivity contribution in [2.24, 2.45) is 0 Å². The highest BCUT2D eigenvalue weighted by Gasteiger charge is 2.40. The van der Waals surface area contributed by atoms with Crippen LogP contribution in [0.5, 0.6) is 0 Å². The van der Waals surface area contributed by atoms with Gasteiger partial charge in [-0.1, -0.05) is 6.07 Å². The number of halogens is 4. The number of alkyl halides is 4. The summed E-state index contributed by atoms with van der Waals surface area (Å²) in [7, 11) is 0. The molecular weight excluding hydrogens is 191 g/mol. The van der Waals surface area contributed by atoms with Gasteiger partial charge in [-0.2, -0.15) is 13.2 Å². The Labute approximate surface area is 72.2 Å². The van der Waals surface area contributed by atoms with Crippen LogP contribution in [0, 0.1) is 0 Å². The molecule has 0 amide bonds. The molecule has 0 saturated heterocycles. The number of aromatic nitrogens is 1. The largest absolute Gasteiger partial charge is 0.410 e. The van der Waals surface area contributed by atoms with Gasteiger partial charge < -0.3 is 0 Å². The quantitative estimate of drug-likeness (QED) is 0.628. The van der Waals surface area contributed by atoms with Gasteiger partial charge >= 0.3 is 6.18 Å². The summed E-state index contributed by atoms with van der Waals surface area (Å²) in [5.41, 5.74) is -0.174. The Bertz CT molecular complexity index is 247. The van der Waals surface area contributed by atoms with Crippen molar-refractivity contribution in [3.63, 3.8) is 0 Å². The van der Waals surface area contributed by atoms with Gasteiger partial charge in [0.2, 0.25) is 0 Å². The van der Waals surface area contributed by atoms with E-state index in [1.807, 2.05) is 0 Å². The van der Waals surface area contributed by atoms with E-state index in [9.17, 15) is 13.2 Å². The zero-order valence-corrected chi connectivity index (χ0v) is 6.60. The van der Waals surface area contributed by atoms with Crippen molar-refractivity contribution in [3.8, 4) is 0 Å². The third kappa shape index (κ3) is 2.11. The second-order valence-corrected chi connectivity index (χ2v) is 2.60. The van der Waals surface area contributed by atoms with Crippen LogP contribution < -0.4 is 0 Å². The SMILES string of the molecule is FC(F)(F)C(Cl)c1ccccn1. The summed E-state index contributed by atoms with van der Waals surface area (Å²) < 4.78 is 35.9. The Morgan fingerprint density at radius 3 is 2.42 bits per heavy atom. The summed E-state index contributed by atoms with van der Waals surface area (Å²) >= 11 is 5.09. The number of pyridine rings is 1. The van der Waals surface area contributed by atoms with E-state index in [4.69, 9.17) is 11.6 Å². The summed E-state index contributed by atoms with van der Waals surface area (Å²) in [6, 6.07) is 4.23. The van der Waals surface area contributed by atoms with Crippen molar-refractivity contribution in [1.29, 1.82) is 0 Å². The average Bonchev–Trinajstić information content (AvgIpc) is 2.03. The van der Waals surface area contributed by atoms with Crippen molar-refractivity contribution >= 4 is 11.6 Å². The van der Waals surface area contributed by atoms with Crippen LogP contribution >= 0.6 is 11.6 Å². The lowest BCUT2D eigenvalue weighted by molar-refractivity contribution is -0.132. The minimum absolute atomic E-state index is 0.174. The number of rotatable bonds is 1. The molecule has 0 saturated carbocycles. The topological polar surface area (TPSA) is 12.9 Å². The van der Waals surface area contributed by atoms with E-state index < -0.39 is 11.6 Å². The minimum atomic E-state index is -4.43. The normalized spacial score (nSPS) is 14.3. The molecule has 1 aromatic heterocycles. The monoisotopic (exact) mass is 195 g/mol. The van der Waals surface area contributed by atoms with Crippen LogP contribution in [0.2, 0.25) is 0 Å². The standard InChI is InChI=1S/C7H5ClF3N/c8-6(7(9,10)11)5-3-1-2-4-12-5/h1-4,6H. The molecule has 0 N–H and O–H groups in total. The molecule has 0 bridgehead atoms. The van der Waals surface area contributed by atoms with Crippen LogP contribution in [-0.4, -0.2) is 11.2 Å². The maximum Gasteiger partial charge on any atom is 0.410 e. The molecule has 1 unspecified atom stereocenters. The minimum Gasteiger partial charge on any atom is -0.259 e. The molecule has 0 aliphatic rings. The van der Waals surface area contributed by atoms with E-state index in [2.05, 4.69) is 4.98 Å². The smallest absolute Gasteiger partial charge is 0.259 e. The fourth-order valence-corrected chi connectivity index (χ4v) is 0.823. The highest BCUT2D eigenvalue weighted by molar-refractivity contribution is 6.21. The van der Waals surface area contributed by atoms with E-state index in [1.54, 1.807) is 0 Å². The zero-order chi connectivity index (χ0) is 9.19. The molecule has 5 heteroatoms. The second-order valence-electron chi connectivity index (χ2n) is 2.16. The van der Waals surface area contributed by atoms with E-state index in [0.717, 1.165) is 0 Å². The first-order chi connectivity index (χ1) is 5.52. The van der Waals surface area contributed by atoms with Gasteiger partial charge in [-0.25, -0.2) is 0 Å². The molecule has 0 aliphatic carbocycles. The van der Waals surface area contributed by atoms with Gasteiger partial charge in [0.1, 0.15) is 0 Å². The first-order valence-corrected chi connectivity index (χ1v) is 3.57. The fourth-order valence-electron chi connectivity index (χ4n) is 0.694. The van der Waals surface area contributed by atoms with Gasteiger partial charge in [-0.3, -0.25) is 4.98 Å². The number of hydrogen-bond donors (Lipinski definition) is 0. The molecule has 66 valence electrons. The van der Waals surface area contributed by atoms with Gasteiger partial charge in [0.25, 0.3) is 0 Å². The summed E-state index contributed by atoms with van der Waals surface area (Å²) in [5.74, 6) is 0. The van der Waals surface area contributed by atoms with Crippen LogP contribution in [0.1, 0.15) is 11.1 Å². The van der Waals surface area contributed by atoms with Gasteiger partial charge in [-0.15, -0.1) is 11.6 Å². The molecule has 0 aromatic carbocycles. The Morgan fingerprint density at radius 2 is 2.00 bits per heavy atom. The van der Waals surface area contributed by atoms with Crippen molar-refractivity contribution in [2.45, 2.75) is 11.6 Å². The molecule has 12 heavy (non-hydrogen) atoms.